The lowest BCUT2D eigenvalue weighted by molar-refractivity contribution is 0.100. The van der Waals surface area contributed by atoms with Gasteiger partial charge in [-0.15, -0.1) is 24.8 Å². The highest BCUT2D eigenvalue weighted by Crippen LogP contribution is 2.32. The van der Waals surface area contributed by atoms with Crippen molar-refractivity contribution in [2.75, 3.05) is 0 Å². The van der Waals surface area contributed by atoms with Crippen LogP contribution in [0.1, 0.15) is 10.4 Å². The number of pyridine rings is 2. The Labute approximate surface area is 163 Å². The molecule has 4 N–H and O–H groups in total. The molecule has 3 rings (SSSR count). The number of benzene rings is 1. The summed E-state index contributed by atoms with van der Waals surface area (Å²) in [4.78, 5) is 22.5. The number of hydrogen-bond donors (Lipinski definition) is 2. The van der Waals surface area contributed by atoms with Crippen LogP contribution in [0.15, 0.2) is 41.8 Å². The molecule has 6 nitrogen and oxygen atoms in total. The van der Waals surface area contributed by atoms with Gasteiger partial charge in [0.15, 0.2) is 17.6 Å². The number of aliphatic imine (C=N–C) groups is 1. The van der Waals surface area contributed by atoms with Crippen LogP contribution < -0.4 is 11.5 Å². The van der Waals surface area contributed by atoms with Crippen LogP contribution >= 0.6 is 24.8 Å². The van der Waals surface area contributed by atoms with E-state index in [-0.39, 0.29) is 46.8 Å². The lowest BCUT2D eigenvalue weighted by Gasteiger charge is -2.09. The number of rotatable bonds is 2. The predicted octanol–water partition coefficient (Wildman–Crippen LogP) is 2.97. The van der Waals surface area contributed by atoms with Crippen molar-refractivity contribution in [3.63, 3.8) is 0 Å². The molecule has 0 saturated carbocycles. The highest BCUT2D eigenvalue weighted by atomic mass is 35.5. The molecule has 2 aromatic heterocycles. The molecule has 0 unspecified atom stereocenters. The number of nitrogens with zero attached hydrogens (tertiary/aromatic N) is 3. The van der Waals surface area contributed by atoms with Gasteiger partial charge in [-0.1, -0.05) is 6.07 Å². The largest absolute Gasteiger partial charge is 0.370 e. The van der Waals surface area contributed by atoms with Crippen LogP contribution in [-0.2, 0) is 0 Å². The van der Waals surface area contributed by atoms with E-state index in [0.29, 0.717) is 0 Å². The van der Waals surface area contributed by atoms with Gasteiger partial charge < -0.3 is 11.5 Å². The number of guanidine groups is 1. The monoisotopic (exact) mass is 417 g/mol. The van der Waals surface area contributed by atoms with Gasteiger partial charge >= 0.3 is 0 Å². The minimum atomic E-state index is -0.971. The summed E-state index contributed by atoms with van der Waals surface area (Å²) in [6.45, 7) is 0. The fourth-order valence-corrected chi connectivity index (χ4v) is 2.36. The third kappa shape index (κ3) is 4.26. The molecule has 0 bridgehead atoms. The van der Waals surface area contributed by atoms with Crippen LogP contribution in [0.3, 0.4) is 0 Å². The Bertz CT molecular complexity index is 1020. The number of carbonyl (C=O) groups is 1. The topological polar surface area (TPSA) is 107 Å². The molecule has 0 spiro atoms. The zero-order valence-electron chi connectivity index (χ0n) is 13.3. The summed E-state index contributed by atoms with van der Waals surface area (Å²) in [7, 11) is 0. The van der Waals surface area contributed by atoms with Crippen molar-refractivity contribution in [1.29, 1.82) is 0 Å². The molecule has 27 heavy (non-hydrogen) atoms. The molecular weight excluding hydrogens is 406 g/mol. The lowest BCUT2D eigenvalue weighted by atomic mass is 10.0. The Kier molecular flexibility index (Phi) is 7.09. The molecule has 142 valence electrons. The van der Waals surface area contributed by atoms with Gasteiger partial charge in [-0.05, 0) is 12.1 Å². The molecule has 0 aliphatic heterocycles. The standard InChI is InChI=1S/C16H10F3N5O.2ClH/c17-10-6-23-14(13-11(18)4-22-5-12(13)19)9-3-7(1-2-8(9)10)15(25)24-16(20)21;;/h1-6H,(H4,20,21,24,25);2*1H. The van der Waals surface area contributed by atoms with E-state index in [2.05, 4.69) is 15.0 Å². The fraction of sp³-hybridized carbons (Fsp3) is 0. The minimum absolute atomic E-state index is 0. The first kappa shape index (κ1) is 22.1. The molecule has 0 aliphatic rings. The van der Waals surface area contributed by atoms with Gasteiger partial charge in [0.25, 0.3) is 5.91 Å². The van der Waals surface area contributed by atoms with E-state index >= 15 is 0 Å². The third-order valence-corrected chi connectivity index (χ3v) is 3.41. The van der Waals surface area contributed by atoms with Crippen molar-refractivity contribution in [2.24, 2.45) is 16.5 Å². The minimum Gasteiger partial charge on any atom is -0.370 e. The van der Waals surface area contributed by atoms with Crippen LogP contribution in [0.5, 0.6) is 0 Å². The molecule has 2 heterocycles. The quantitative estimate of drug-likeness (QED) is 0.492. The van der Waals surface area contributed by atoms with Crippen LogP contribution in [0.4, 0.5) is 13.2 Å². The van der Waals surface area contributed by atoms with Crippen molar-refractivity contribution in [3.05, 3.63) is 59.8 Å². The number of hydrogen-bond acceptors (Lipinski definition) is 3. The average Bonchev–Trinajstić information content (AvgIpc) is 2.55. The Balaban J connectivity index is 0.00000182. The zero-order valence-corrected chi connectivity index (χ0v) is 15.0. The molecule has 1 amide bonds. The van der Waals surface area contributed by atoms with Crippen molar-refractivity contribution in [1.82, 2.24) is 9.97 Å². The normalized spacial score (nSPS) is 9.89. The number of amides is 1. The predicted molar refractivity (Wildman–Crippen MR) is 99.5 cm³/mol. The highest BCUT2D eigenvalue weighted by Gasteiger charge is 2.19. The summed E-state index contributed by atoms with van der Waals surface area (Å²) in [6, 6.07) is 3.79. The summed E-state index contributed by atoms with van der Waals surface area (Å²) in [5, 5.41) is 0.0579. The molecule has 3 aromatic rings. The number of aromatic nitrogens is 2. The first-order valence-corrected chi connectivity index (χ1v) is 6.90. The van der Waals surface area contributed by atoms with Gasteiger partial charge in [0, 0.05) is 16.3 Å². The first-order chi connectivity index (χ1) is 11.9. The summed E-state index contributed by atoms with van der Waals surface area (Å²) < 4.78 is 42.1. The maximum absolute atomic E-state index is 14.0. The smallest absolute Gasteiger partial charge is 0.280 e. The summed E-state index contributed by atoms with van der Waals surface area (Å²) in [6.07, 6.45) is 2.46. The number of fused-ring (bicyclic) bond motifs is 1. The second kappa shape index (κ2) is 8.65. The van der Waals surface area contributed by atoms with Crippen molar-refractivity contribution in [3.8, 4) is 11.3 Å². The van der Waals surface area contributed by atoms with Gasteiger partial charge in [-0.25, -0.2) is 13.2 Å². The summed E-state index contributed by atoms with van der Waals surface area (Å²) in [5.41, 5.74) is 9.66. The first-order valence-electron chi connectivity index (χ1n) is 6.90. The maximum Gasteiger partial charge on any atom is 0.280 e. The Morgan fingerprint density at radius 1 is 0.926 bits per heavy atom. The molecular formula is C16H12Cl2F3N5O. The Hall–Kier alpha value is -2.91. The van der Waals surface area contributed by atoms with E-state index in [4.69, 9.17) is 11.5 Å². The van der Waals surface area contributed by atoms with E-state index in [9.17, 15) is 18.0 Å². The molecule has 0 radical (unpaired) electrons. The maximum atomic E-state index is 14.0. The second-order valence-electron chi connectivity index (χ2n) is 5.04. The van der Waals surface area contributed by atoms with Crippen LogP contribution in [0.25, 0.3) is 22.0 Å². The molecule has 0 atom stereocenters. The van der Waals surface area contributed by atoms with E-state index < -0.39 is 34.9 Å². The van der Waals surface area contributed by atoms with Crippen LogP contribution in [0.2, 0.25) is 0 Å². The van der Waals surface area contributed by atoms with E-state index in [1.54, 1.807) is 0 Å². The van der Waals surface area contributed by atoms with Gasteiger partial charge in [0.2, 0.25) is 0 Å². The fourth-order valence-electron chi connectivity index (χ4n) is 2.36. The van der Waals surface area contributed by atoms with E-state index in [1.807, 2.05) is 0 Å². The molecule has 11 heteroatoms. The molecule has 1 aromatic carbocycles. The second-order valence-corrected chi connectivity index (χ2v) is 5.04. The molecule has 0 saturated heterocycles. The average molecular weight is 418 g/mol. The van der Waals surface area contributed by atoms with Crippen molar-refractivity contribution in [2.45, 2.75) is 0 Å². The van der Waals surface area contributed by atoms with Gasteiger partial charge in [-0.2, -0.15) is 4.99 Å². The zero-order chi connectivity index (χ0) is 18.1. The highest BCUT2D eigenvalue weighted by molar-refractivity contribution is 6.06. The Morgan fingerprint density at radius 3 is 2.15 bits per heavy atom. The van der Waals surface area contributed by atoms with Crippen LogP contribution in [0, 0.1) is 17.5 Å². The number of nitrogens with two attached hydrogens (primary N) is 2. The Morgan fingerprint density at radius 2 is 1.56 bits per heavy atom. The van der Waals surface area contributed by atoms with E-state index in [0.717, 1.165) is 18.6 Å². The summed E-state index contributed by atoms with van der Waals surface area (Å²) >= 11 is 0. The number of carbonyl (C=O) groups excluding carboxylic acids is 1. The lowest BCUT2D eigenvalue weighted by Crippen LogP contribution is -2.24. The molecule has 0 aliphatic carbocycles. The van der Waals surface area contributed by atoms with Crippen molar-refractivity contribution < 1.29 is 18.0 Å². The van der Waals surface area contributed by atoms with Crippen LogP contribution in [-0.4, -0.2) is 21.8 Å². The number of halogens is 5. The van der Waals surface area contributed by atoms with Gasteiger partial charge in [0.1, 0.15) is 5.82 Å². The molecule has 0 fully saturated rings. The SMILES string of the molecule is Cl.Cl.NC(N)=NC(=O)c1ccc2c(F)cnc(-c3c(F)cncc3F)c2c1. The van der Waals surface area contributed by atoms with Gasteiger partial charge in [-0.3, -0.25) is 14.8 Å². The van der Waals surface area contributed by atoms with Crippen molar-refractivity contribution >= 4 is 47.5 Å². The van der Waals surface area contributed by atoms with E-state index in [1.165, 1.54) is 18.2 Å². The summed E-state index contributed by atoms with van der Waals surface area (Å²) in [5.74, 6) is -3.89. The third-order valence-electron chi connectivity index (χ3n) is 3.41. The van der Waals surface area contributed by atoms with Gasteiger partial charge in [0.05, 0.1) is 29.8 Å².